The third-order valence-electron chi connectivity index (χ3n) is 5.72. The van der Waals surface area contributed by atoms with Crippen LogP contribution in [-0.2, 0) is 17.1 Å². The van der Waals surface area contributed by atoms with Gasteiger partial charge < -0.3 is 15.5 Å². The van der Waals surface area contributed by atoms with Crippen molar-refractivity contribution in [2.24, 2.45) is 5.73 Å². The molecule has 10 heteroatoms. The second-order valence-corrected chi connectivity index (χ2v) is 10.4. The molecular formula is C25H27N5O3S2. The van der Waals surface area contributed by atoms with Crippen molar-refractivity contribution in [3.8, 4) is 0 Å². The van der Waals surface area contributed by atoms with E-state index in [2.05, 4.69) is 10.3 Å². The highest BCUT2D eigenvalue weighted by Crippen LogP contribution is 2.31. The fourth-order valence-corrected chi connectivity index (χ4v) is 5.51. The van der Waals surface area contributed by atoms with Crippen molar-refractivity contribution in [3.63, 3.8) is 0 Å². The van der Waals surface area contributed by atoms with E-state index in [1.54, 1.807) is 46.8 Å². The number of nitrogens with two attached hydrogens (primary N) is 1. The zero-order chi connectivity index (χ0) is 24.8. The summed E-state index contributed by atoms with van der Waals surface area (Å²) < 4.78 is 0.968. The Balaban J connectivity index is 1.31. The number of amides is 3. The molecule has 0 saturated carbocycles. The third kappa shape index (κ3) is 6.47. The average Bonchev–Trinajstić information content (AvgIpc) is 3.34. The lowest BCUT2D eigenvalue weighted by Crippen LogP contribution is -2.50. The minimum Gasteiger partial charge on any atom is -0.339 e. The summed E-state index contributed by atoms with van der Waals surface area (Å²) in [5.74, 6) is 0.496. The predicted molar refractivity (Wildman–Crippen MR) is 139 cm³/mol. The van der Waals surface area contributed by atoms with Crippen LogP contribution in [0.5, 0.6) is 0 Å². The summed E-state index contributed by atoms with van der Waals surface area (Å²) in [6, 6.07) is 14.8. The van der Waals surface area contributed by atoms with Crippen molar-refractivity contribution in [1.29, 1.82) is 0 Å². The van der Waals surface area contributed by atoms with E-state index in [0.717, 1.165) is 15.3 Å². The molecule has 0 bridgehead atoms. The molecule has 1 aliphatic rings. The van der Waals surface area contributed by atoms with Crippen LogP contribution in [0.2, 0.25) is 0 Å². The number of benzene rings is 2. The highest BCUT2D eigenvalue weighted by molar-refractivity contribution is 8.00. The first kappa shape index (κ1) is 24.9. The summed E-state index contributed by atoms with van der Waals surface area (Å²) in [4.78, 5) is 44.8. The van der Waals surface area contributed by atoms with Gasteiger partial charge in [0.05, 0.1) is 10.4 Å². The fraction of sp³-hybridized carbons (Fsp3) is 0.280. The monoisotopic (exact) mass is 509 g/mol. The van der Waals surface area contributed by atoms with E-state index in [1.807, 2.05) is 36.4 Å². The Morgan fingerprint density at radius 3 is 2.40 bits per heavy atom. The molecule has 1 aromatic heterocycles. The molecule has 4 rings (SSSR count). The summed E-state index contributed by atoms with van der Waals surface area (Å²) in [7, 11) is 0. The second kappa shape index (κ2) is 11.5. The minimum atomic E-state index is -0.213. The predicted octanol–water partition coefficient (Wildman–Crippen LogP) is 3.45. The van der Waals surface area contributed by atoms with Gasteiger partial charge in [-0.3, -0.25) is 19.7 Å². The van der Waals surface area contributed by atoms with Crippen molar-refractivity contribution in [2.45, 2.75) is 23.4 Å². The molecule has 0 radical (unpaired) electrons. The van der Waals surface area contributed by atoms with Crippen molar-refractivity contribution in [2.75, 3.05) is 31.5 Å². The van der Waals surface area contributed by atoms with E-state index in [1.165, 1.54) is 11.3 Å². The van der Waals surface area contributed by atoms with Crippen LogP contribution in [0.4, 0.5) is 5.13 Å². The summed E-state index contributed by atoms with van der Waals surface area (Å²) in [5, 5.41) is 3.37. The van der Waals surface area contributed by atoms with E-state index in [0.29, 0.717) is 54.7 Å². The molecule has 1 aliphatic heterocycles. The molecule has 182 valence electrons. The first-order chi connectivity index (χ1) is 16.9. The topological polar surface area (TPSA) is 109 Å². The lowest BCUT2D eigenvalue weighted by Gasteiger charge is -2.34. The van der Waals surface area contributed by atoms with Gasteiger partial charge in [-0.2, -0.15) is 0 Å². The highest BCUT2D eigenvalue weighted by Gasteiger charge is 2.23. The molecule has 2 heterocycles. The zero-order valence-corrected chi connectivity index (χ0v) is 21.0. The molecule has 2 aromatic carbocycles. The molecule has 0 aliphatic carbocycles. The molecular weight excluding hydrogens is 482 g/mol. The largest absolute Gasteiger partial charge is 0.339 e. The molecule has 3 aromatic rings. The van der Waals surface area contributed by atoms with E-state index in [-0.39, 0.29) is 17.7 Å². The maximum atomic E-state index is 12.9. The molecule has 8 nitrogen and oxygen atoms in total. The third-order valence-corrected chi connectivity index (χ3v) is 7.90. The Bertz CT molecular complexity index is 1200. The van der Waals surface area contributed by atoms with Gasteiger partial charge in [-0.15, -0.1) is 11.8 Å². The van der Waals surface area contributed by atoms with Crippen LogP contribution in [0, 0.1) is 0 Å². The SMILES string of the molecule is CC(=O)N1CCN(C(=O)c2cccc(CSc3cnc(NC(=O)c4ccc(CN)cc4)s3)c2)CC1. The average molecular weight is 510 g/mol. The van der Waals surface area contributed by atoms with Crippen LogP contribution in [0.1, 0.15) is 38.8 Å². The maximum Gasteiger partial charge on any atom is 0.257 e. The molecule has 1 saturated heterocycles. The first-order valence-corrected chi connectivity index (χ1v) is 13.1. The molecule has 3 amide bonds. The normalized spacial score (nSPS) is 13.5. The lowest BCUT2D eigenvalue weighted by molar-refractivity contribution is -0.130. The van der Waals surface area contributed by atoms with E-state index < -0.39 is 0 Å². The van der Waals surface area contributed by atoms with Gasteiger partial charge >= 0.3 is 0 Å². The number of aromatic nitrogens is 1. The smallest absolute Gasteiger partial charge is 0.257 e. The van der Waals surface area contributed by atoms with Gasteiger partial charge in [0.1, 0.15) is 0 Å². The number of rotatable bonds is 7. The summed E-state index contributed by atoms with van der Waals surface area (Å²) in [6.45, 7) is 4.22. The molecule has 3 N–H and O–H groups in total. The standard InChI is InChI=1S/C25H27N5O3S2/c1-17(31)29-9-11-30(12-10-29)24(33)21-4-2-3-19(13-21)16-34-22-15-27-25(35-22)28-23(32)20-7-5-18(14-26)6-8-20/h2-8,13,15H,9-12,14,16,26H2,1H3,(H,27,28,32). The molecule has 1 fully saturated rings. The van der Waals surface area contributed by atoms with Crippen LogP contribution in [0.25, 0.3) is 0 Å². The van der Waals surface area contributed by atoms with Crippen molar-refractivity contribution >= 4 is 46.0 Å². The second-order valence-electron chi connectivity index (χ2n) is 8.13. The van der Waals surface area contributed by atoms with Crippen LogP contribution >= 0.6 is 23.1 Å². The number of carbonyl (C=O) groups is 3. The Labute approximate surface area is 212 Å². The van der Waals surface area contributed by atoms with E-state index in [4.69, 9.17) is 5.73 Å². The number of thioether (sulfide) groups is 1. The summed E-state index contributed by atoms with van der Waals surface area (Å²) in [5.41, 5.74) is 8.80. The number of piperazine rings is 1. The van der Waals surface area contributed by atoms with Crippen molar-refractivity contribution in [1.82, 2.24) is 14.8 Å². The first-order valence-electron chi connectivity index (χ1n) is 11.3. The van der Waals surface area contributed by atoms with Crippen LogP contribution in [0.3, 0.4) is 0 Å². The van der Waals surface area contributed by atoms with Gasteiger partial charge in [0.2, 0.25) is 5.91 Å². The quantitative estimate of drug-likeness (QED) is 0.472. The Kier molecular flexibility index (Phi) is 8.17. The fourth-order valence-electron chi connectivity index (χ4n) is 3.70. The lowest BCUT2D eigenvalue weighted by atomic mass is 10.1. The van der Waals surface area contributed by atoms with E-state index in [9.17, 15) is 14.4 Å². The van der Waals surface area contributed by atoms with Gasteiger partial charge in [-0.1, -0.05) is 35.6 Å². The molecule has 0 unspecified atom stereocenters. The Morgan fingerprint density at radius 1 is 1.00 bits per heavy atom. The Hall–Kier alpha value is -3.21. The number of hydrogen-bond donors (Lipinski definition) is 2. The Morgan fingerprint density at radius 2 is 1.71 bits per heavy atom. The van der Waals surface area contributed by atoms with Crippen LogP contribution in [-0.4, -0.2) is 58.7 Å². The molecule has 35 heavy (non-hydrogen) atoms. The van der Waals surface area contributed by atoms with Gasteiger partial charge in [0.25, 0.3) is 11.8 Å². The van der Waals surface area contributed by atoms with Crippen LogP contribution < -0.4 is 11.1 Å². The van der Waals surface area contributed by atoms with Gasteiger partial charge in [-0.25, -0.2) is 4.98 Å². The number of anilines is 1. The van der Waals surface area contributed by atoms with Gasteiger partial charge in [0.15, 0.2) is 5.13 Å². The number of nitrogens with zero attached hydrogens (tertiary/aromatic N) is 3. The number of nitrogens with one attached hydrogen (secondary N) is 1. The molecule has 0 spiro atoms. The summed E-state index contributed by atoms with van der Waals surface area (Å²) >= 11 is 3.01. The van der Waals surface area contributed by atoms with E-state index >= 15 is 0 Å². The number of carbonyl (C=O) groups excluding carboxylic acids is 3. The highest BCUT2D eigenvalue weighted by atomic mass is 32.2. The minimum absolute atomic E-state index is 0.0117. The molecule has 0 atom stereocenters. The van der Waals surface area contributed by atoms with Crippen LogP contribution in [0.15, 0.2) is 58.9 Å². The summed E-state index contributed by atoms with van der Waals surface area (Å²) in [6.07, 6.45) is 1.74. The number of thiazole rings is 1. The van der Waals surface area contributed by atoms with Crippen molar-refractivity contribution in [3.05, 3.63) is 77.0 Å². The number of hydrogen-bond acceptors (Lipinski definition) is 7. The van der Waals surface area contributed by atoms with Gasteiger partial charge in [0, 0.05) is 56.5 Å². The van der Waals surface area contributed by atoms with Crippen molar-refractivity contribution < 1.29 is 14.4 Å². The van der Waals surface area contributed by atoms with Gasteiger partial charge in [-0.05, 0) is 35.4 Å². The maximum absolute atomic E-state index is 12.9. The zero-order valence-electron chi connectivity index (χ0n) is 19.4.